The third kappa shape index (κ3) is 6.69. The maximum atomic E-state index is 13.7. The average Bonchev–Trinajstić information content (AvgIpc) is 3.70. The van der Waals surface area contributed by atoms with Gasteiger partial charge >= 0.3 is 6.09 Å². The fraction of sp³-hybridized carbons (Fsp3) is 0.419. The largest absolute Gasteiger partial charge is 0.444 e. The third-order valence-electron chi connectivity index (χ3n) is 7.17. The minimum absolute atomic E-state index is 0.0518. The lowest BCUT2D eigenvalue weighted by molar-refractivity contribution is 0.0443. The number of nitrogens with one attached hydrogen (secondary N) is 1. The molecule has 12 heteroatoms. The Kier molecular flexibility index (Phi) is 8.24. The van der Waals surface area contributed by atoms with Crippen molar-refractivity contribution in [2.45, 2.75) is 71.1 Å². The molecule has 4 aromatic rings. The Morgan fingerprint density at radius 2 is 1.91 bits per heavy atom. The smallest absolute Gasteiger partial charge is 0.408 e. The normalized spacial score (nSPS) is 16.6. The highest BCUT2D eigenvalue weighted by molar-refractivity contribution is 7.09. The number of alkyl carbamates (subject to hydrolysis) is 1. The first-order valence-corrected chi connectivity index (χ1v) is 15.0. The number of rotatable bonds is 7. The Hall–Kier alpha value is -4.32. The molecule has 11 nitrogen and oxygen atoms in total. The number of amides is 2. The molecule has 2 atom stereocenters. The van der Waals surface area contributed by atoms with Crippen molar-refractivity contribution in [3.63, 3.8) is 0 Å². The van der Waals surface area contributed by atoms with Crippen LogP contribution in [0.4, 0.5) is 4.79 Å². The van der Waals surface area contributed by atoms with Crippen molar-refractivity contribution in [2.75, 3.05) is 6.54 Å². The first-order chi connectivity index (χ1) is 20.3. The van der Waals surface area contributed by atoms with Crippen molar-refractivity contribution < 1.29 is 18.7 Å². The number of thiazole rings is 1. The zero-order valence-corrected chi connectivity index (χ0v) is 26.0. The number of carbonyl (C=O) groups excluding carboxylic acids is 2. The Balaban J connectivity index is 1.48. The molecule has 1 aromatic carbocycles. The first kappa shape index (κ1) is 30.1. The van der Waals surface area contributed by atoms with Gasteiger partial charge < -0.3 is 23.9 Å². The number of aromatic nitrogens is 4. The van der Waals surface area contributed by atoms with E-state index in [9.17, 15) is 14.4 Å². The summed E-state index contributed by atoms with van der Waals surface area (Å²) < 4.78 is 12.9. The van der Waals surface area contributed by atoms with Gasteiger partial charge in [-0.3, -0.25) is 9.59 Å². The summed E-state index contributed by atoms with van der Waals surface area (Å²) in [5.74, 6) is -0.161. The number of nitrogens with zero attached hydrogens (tertiary/aromatic N) is 5. The molecule has 1 fully saturated rings. The summed E-state index contributed by atoms with van der Waals surface area (Å²) in [5, 5.41) is 14.2. The quantitative estimate of drug-likeness (QED) is 0.306. The summed E-state index contributed by atoms with van der Waals surface area (Å²) in [6, 6.07) is 10.9. The van der Waals surface area contributed by atoms with Gasteiger partial charge in [0.1, 0.15) is 21.7 Å². The molecule has 5 rings (SSSR count). The molecule has 0 saturated carbocycles. The summed E-state index contributed by atoms with van der Waals surface area (Å²) >= 11 is 1.55. The lowest BCUT2D eigenvalue weighted by Gasteiger charge is -2.29. The molecule has 3 aromatic heterocycles. The molecule has 1 saturated heterocycles. The van der Waals surface area contributed by atoms with Crippen molar-refractivity contribution in [1.82, 2.24) is 30.0 Å². The Morgan fingerprint density at radius 1 is 1.16 bits per heavy atom. The minimum Gasteiger partial charge on any atom is -0.444 e. The van der Waals surface area contributed by atoms with Crippen molar-refractivity contribution in [2.24, 2.45) is 7.05 Å². The van der Waals surface area contributed by atoms with Crippen LogP contribution >= 0.6 is 11.3 Å². The predicted octanol–water partition coefficient (Wildman–Crippen LogP) is 5.16. The summed E-state index contributed by atoms with van der Waals surface area (Å²) in [5.41, 5.74) is -0.0177. The van der Waals surface area contributed by atoms with E-state index >= 15 is 0 Å². The molecule has 0 aliphatic carbocycles. The Morgan fingerprint density at radius 3 is 2.58 bits per heavy atom. The van der Waals surface area contributed by atoms with Gasteiger partial charge in [-0.1, -0.05) is 30.3 Å². The van der Waals surface area contributed by atoms with E-state index in [1.54, 1.807) is 46.1 Å². The SMILES string of the molecule is Cc1csc([C@H]2CCCN2C(=O)c2cc(-c3nnc([C@@](C)(Cc4ccccc4)NC(=O)OC(C)(C)C)o3)c(=O)n(C)c2)n1. The lowest BCUT2D eigenvalue weighted by atomic mass is 9.92. The molecule has 0 spiro atoms. The van der Waals surface area contributed by atoms with Crippen molar-refractivity contribution in [3.8, 4) is 11.5 Å². The number of likely N-dealkylation sites (tertiary alicyclic amines) is 1. The van der Waals surface area contributed by atoms with Crippen LogP contribution in [0.15, 0.2) is 57.2 Å². The van der Waals surface area contributed by atoms with Crippen LogP contribution in [0.25, 0.3) is 11.5 Å². The molecule has 0 radical (unpaired) electrons. The van der Waals surface area contributed by atoms with Gasteiger partial charge in [0.2, 0.25) is 5.89 Å². The van der Waals surface area contributed by atoms with Gasteiger partial charge in [-0.2, -0.15) is 0 Å². The second-order valence-corrected chi connectivity index (χ2v) is 13.0. The second kappa shape index (κ2) is 11.8. The monoisotopic (exact) mass is 604 g/mol. The molecule has 0 unspecified atom stereocenters. The minimum atomic E-state index is -1.16. The molecular weight excluding hydrogens is 568 g/mol. The molecule has 1 aliphatic heterocycles. The maximum absolute atomic E-state index is 13.7. The van der Waals surface area contributed by atoms with Crippen LogP contribution in [0.5, 0.6) is 0 Å². The van der Waals surface area contributed by atoms with Crippen LogP contribution in [0.2, 0.25) is 0 Å². The Bertz CT molecular complexity index is 1690. The van der Waals surface area contributed by atoms with Gasteiger partial charge in [-0.05, 0) is 59.1 Å². The van der Waals surface area contributed by atoms with Crippen molar-refractivity contribution >= 4 is 23.3 Å². The van der Waals surface area contributed by atoms with Crippen LogP contribution in [-0.2, 0) is 23.7 Å². The number of aryl methyl sites for hydroxylation is 2. The van der Waals surface area contributed by atoms with E-state index in [4.69, 9.17) is 9.15 Å². The van der Waals surface area contributed by atoms with E-state index in [2.05, 4.69) is 20.5 Å². The van der Waals surface area contributed by atoms with Crippen LogP contribution in [0.3, 0.4) is 0 Å². The van der Waals surface area contributed by atoms with Crippen LogP contribution in [0, 0.1) is 6.92 Å². The molecular formula is C31H36N6O5S. The highest BCUT2D eigenvalue weighted by Crippen LogP contribution is 2.35. The topological polar surface area (TPSA) is 132 Å². The summed E-state index contributed by atoms with van der Waals surface area (Å²) in [6.07, 6.45) is 2.89. The van der Waals surface area contributed by atoms with Gasteiger partial charge in [-0.15, -0.1) is 21.5 Å². The van der Waals surface area contributed by atoms with Gasteiger partial charge in [0.05, 0.1) is 11.6 Å². The standard InChI is InChI=1S/C31H36N6O5S/c1-19-18-43-25(32-19)23-13-10-14-37(23)26(38)21-15-22(27(39)36(6)17-21)24-34-35-28(41-24)31(5,16-20-11-8-7-9-12-20)33-29(40)42-30(2,3)4/h7-9,11-12,15,17-18,23H,10,13-14,16H2,1-6H3,(H,33,40)/t23-,31-/m1/s1. The molecule has 4 heterocycles. The van der Waals surface area contributed by atoms with Crippen LogP contribution in [-0.4, -0.2) is 48.8 Å². The van der Waals surface area contributed by atoms with Crippen LogP contribution < -0.4 is 10.9 Å². The lowest BCUT2D eigenvalue weighted by Crippen LogP contribution is -2.47. The molecule has 43 heavy (non-hydrogen) atoms. The fourth-order valence-corrected chi connectivity index (χ4v) is 6.14. The van der Waals surface area contributed by atoms with E-state index in [1.807, 2.05) is 47.5 Å². The summed E-state index contributed by atoms with van der Waals surface area (Å²) in [4.78, 5) is 46.3. The van der Waals surface area contributed by atoms with E-state index < -0.39 is 22.8 Å². The van der Waals surface area contributed by atoms with Crippen molar-refractivity contribution in [3.05, 3.63) is 86.0 Å². The number of ether oxygens (including phenoxy) is 1. The van der Waals surface area contributed by atoms with E-state index in [-0.39, 0.29) is 29.3 Å². The molecule has 1 aliphatic rings. The number of pyridine rings is 1. The number of hydrogen-bond donors (Lipinski definition) is 1. The number of benzene rings is 1. The molecule has 0 bridgehead atoms. The van der Waals surface area contributed by atoms with E-state index in [1.165, 1.54) is 16.8 Å². The third-order valence-corrected chi connectivity index (χ3v) is 8.23. The second-order valence-electron chi connectivity index (χ2n) is 12.1. The van der Waals surface area contributed by atoms with E-state index in [0.717, 1.165) is 29.1 Å². The highest BCUT2D eigenvalue weighted by Gasteiger charge is 2.37. The van der Waals surface area contributed by atoms with Crippen LogP contribution in [0.1, 0.15) is 79.1 Å². The molecule has 226 valence electrons. The number of hydrogen-bond acceptors (Lipinski definition) is 9. The highest BCUT2D eigenvalue weighted by atomic mass is 32.1. The number of carbonyl (C=O) groups is 2. The van der Waals surface area contributed by atoms with E-state index in [0.29, 0.717) is 18.5 Å². The van der Waals surface area contributed by atoms with Gasteiger partial charge in [-0.25, -0.2) is 9.78 Å². The predicted molar refractivity (Wildman–Crippen MR) is 162 cm³/mol. The zero-order chi connectivity index (χ0) is 30.9. The molecule has 1 N–H and O–H groups in total. The Labute approximate surface area is 253 Å². The van der Waals surface area contributed by atoms with Gasteiger partial charge in [0.15, 0.2) is 0 Å². The maximum Gasteiger partial charge on any atom is 0.408 e. The summed E-state index contributed by atoms with van der Waals surface area (Å²) in [6.45, 7) is 9.62. The van der Waals surface area contributed by atoms with Crippen molar-refractivity contribution in [1.29, 1.82) is 0 Å². The zero-order valence-electron chi connectivity index (χ0n) is 25.2. The average molecular weight is 605 g/mol. The molecule has 2 amide bonds. The fourth-order valence-electron chi connectivity index (χ4n) is 5.20. The van der Waals surface area contributed by atoms with Gasteiger partial charge in [0.25, 0.3) is 17.4 Å². The summed E-state index contributed by atoms with van der Waals surface area (Å²) in [7, 11) is 1.58. The van der Waals surface area contributed by atoms with Gasteiger partial charge in [0, 0.05) is 37.3 Å². The first-order valence-electron chi connectivity index (χ1n) is 14.2.